The third-order valence-electron chi connectivity index (χ3n) is 6.42. The second-order valence-electron chi connectivity index (χ2n) is 8.29. The summed E-state index contributed by atoms with van der Waals surface area (Å²) in [7, 11) is 0. The number of hydrogen-bond donors (Lipinski definition) is 2. The molecule has 4 aliphatic rings. The van der Waals surface area contributed by atoms with Crippen molar-refractivity contribution >= 4 is 11.9 Å². The van der Waals surface area contributed by atoms with Gasteiger partial charge in [0.2, 0.25) is 0 Å². The lowest BCUT2D eigenvalue weighted by Crippen LogP contribution is -2.56. The highest BCUT2D eigenvalue weighted by molar-refractivity contribution is 5.91. The number of aliphatic hydroxyl groups is 2. The topological polar surface area (TPSA) is 106 Å². The molecular formula is C20H24O7. The van der Waals surface area contributed by atoms with Gasteiger partial charge >= 0.3 is 11.9 Å². The molecule has 1 saturated carbocycles. The summed E-state index contributed by atoms with van der Waals surface area (Å²) in [5.41, 5.74) is -0.516. The summed E-state index contributed by atoms with van der Waals surface area (Å²) in [6, 6.07) is 0. The van der Waals surface area contributed by atoms with Gasteiger partial charge in [-0.3, -0.25) is 0 Å². The molecule has 0 spiro atoms. The van der Waals surface area contributed by atoms with Crippen LogP contribution >= 0.6 is 0 Å². The summed E-state index contributed by atoms with van der Waals surface area (Å²) in [5.74, 6) is -2.17. The zero-order valence-corrected chi connectivity index (χ0v) is 15.8. The number of esters is 2. The fourth-order valence-electron chi connectivity index (χ4n) is 4.87. The van der Waals surface area contributed by atoms with E-state index in [4.69, 9.17) is 14.2 Å². The van der Waals surface area contributed by atoms with Crippen molar-refractivity contribution in [2.24, 2.45) is 5.92 Å². The number of aliphatic hydroxyl groups excluding tert-OH is 1. The molecule has 146 valence electrons. The first-order valence-corrected chi connectivity index (χ1v) is 9.06. The quantitative estimate of drug-likeness (QED) is 0.320. The van der Waals surface area contributed by atoms with Crippen LogP contribution in [0.5, 0.6) is 0 Å². The summed E-state index contributed by atoms with van der Waals surface area (Å²) in [4.78, 5) is 24.4. The molecule has 0 amide bonds. The van der Waals surface area contributed by atoms with E-state index >= 15 is 0 Å². The number of allylic oxidation sites excluding steroid dienone is 1. The molecule has 2 heterocycles. The number of carbonyl (C=O) groups excluding carboxylic acids is 2. The molecule has 4 rings (SSSR count). The average Bonchev–Trinajstić information content (AvgIpc) is 3.08. The first-order valence-electron chi connectivity index (χ1n) is 9.06. The zero-order valence-electron chi connectivity index (χ0n) is 15.8. The van der Waals surface area contributed by atoms with Crippen LogP contribution in [0.1, 0.15) is 34.1 Å². The van der Waals surface area contributed by atoms with Crippen molar-refractivity contribution in [3.8, 4) is 0 Å². The molecular weight excluding hydrogens is 352 g/mol. The molecule has 27 heavy (non-hydrogen) atoms. The van der Waals surface area contributed by atoms with E-state index in [2.05, 4.69) is 6.58 Å². The summed E-state index contributed by atoms with van der Waals surface area (Å²) >= 11 is 0. The lowest BCUT2D eigenvalue weighted by Gasteiger charge is -2.37. The fraction of sp³-hybridized carbons (Fsp3) is 0.600. The van der Waals surface area contributed by atoms with E-state index in [1.54, 1.807) is 27.7 Å². The van der Waals surface area contributed by atoms with Crippen molar-refractivity contribution in [2.75, 3.05) is 0 Å². The highest BCUT2D eigenvalue weighted by Crippen LogP contribution is 2.64. The van der Waals surface area contributed by atoms with Gasteiger partial charge in [-0.25, -0.2) is 9.59 Å². The van der Waals surface area contributed by atoms with E-state index in [1.807, 2.05) is 0 Å². The van der Waals surface area contributed by atoms with E-state index in [9.17, 15) is 19.8 Å². The Morgan fingerprint density at radius 2 is 2.07 bits per heavy atom. The third-order valence-corrected chi connectivity index (χ3v) is 6.42. The number of epoxide rings is 1. The van der Waals surface area contributed by atoms with Crippen molar-refractivity contribution in [3.05, 3.63) is 34.9 Å². The Hall–Kier alpha value is -1.96. The minimum absolute atomic E-state index is 0.0611. The summed E-state index contributed by atoms with van der Waals surface area (Å²) in [5, 5.41) is 22.7. The molecule has 7 atom stereocenters. The summed E-state index contributed by atoms with van der Waals surface area (Å²) in [6.45, 7) is 10.8. The second-order valence-corrected chi connectivity index (χ2v) is 8.29. The van der Waals surface area contributed by atoms with E-state index in [-0.39, 0.29) is 11.7 Å². The van der Waals surface area contributed by atoms with Gasteiger partial charge in [0.25, 0.3) is 0 Å². The van der Waals surface area contributed by atoms with Crippen LogP contribution in [0, 0.1) is 5.92 Å². The Bertz CT molecular complexity index is 820. The lowest BCUT2D eigenvalue weighted by atomic mass is 9.76. The monoisotopic (exact) mass is 376 g/mol. The summed E-state index contributed by atoms with van der Waals surface area (Å²) < 4.78 is 16.7. The maximum atomic E-state index is 12.2. The average molecular weight is 376 g/mol. The number of fused-ring (bicyclic) bond motifs is 5. The van der Waals surface area contributed by atoms with Gasteiger partial charge in [0.1, 0.15) is 23.9 Å². The molecule has 2 aliphatic heterocycles. The standard InChI is InChI=1S/C20H24O7/c1-8(2)6-13(21)25-16-9(3)11-7-12-19(5,27-12)20(11,24)17-14(15(16)22)10(4)18(23)26-17/h6,12,14-17,22,24H,4,7H2,1-3,5H3/t12-,14-,15-,16-,17-,19-,20-/m1/s1. The van der Waals surface area contributed by atoms with Gasteiger partial charge in [-0.1, -0.05) is 12.2 Å². The van der Waals surface area contributed by atoms with Gasteiger partial charge in [-0.15, -0.1) is 0 Å². The minimum Gasteiger partial charge on any atom is -0.455 e. The van der Waals surface area contributed by atoms with Crippen molar-refractivity contribution in [2.45, 2.75) is 69.7 Å². The Morgan fingerprint density at radius 1 is 1.41 bits per heavy atom. The molecule has 3 fully saturated rings. The Morgan fingerprint density at radius 3 is 2.70 bits per heavy atom. The van der Waals surface area contributed by atoms with Gasteiger partial charge < -0.3 is 24.4 Å². The molecule has 0 aromatic heterocycles. The zero-order chi connectivity index (χ0) is 19.9. The molecule has 2 N–H and O–H groups in total. The molecule has 2 saturated heterocycles. The molecule has 2 aliphatic carbocycles. The first-order chi connectivity index (χ1) is 12.5. The molecule has 7 heteroatoms. The number of rotatable bonds is 2. The fourth-order valence-corrected chi connectivity index (χ4v) is 4.87. The van der Waals surface area contributed by atoms with Crippen LogP contribution in [0.3, 0.4) is 0 Å². The Labute approximate surface area is 157 Å². The van der Waals surface area contributed by atoms with E-state index in [1.165, 1.54) is 6.08 Å². The molecule has 0 radical (unpaired) electrons. The SMILES string of the molecule is C=C1C(=O)O[C@@H]2[C@H]1[C@@H](O)[C@H](OC(=O)C=C(C)C)C(C)=C1C[C@H]3O[C@@]3(C)[C@@]12O. The molecule has 0 bridgehead atoms. The van der Waals surface area contributed by atoms with Gasteiger partial charge in [-0.05, 0) is 38.8 Å². The van der Waals surface area contributed by atoms with Crippen LogP contribution in [0.25, 0.3) is 0 Å². The Kier molecular flexibility index (Phi) is 3.77. The van der Waals surface area contributed by atoms with Crippen LogP contribution in [0.4, 0.5) is 0 Å². The number of hydrogen-bond acceptors (Lipinski definition) is 7. The smallest absolute Gasteiger partial charge is 0.334 e. The first kappa shape index (κ1) is 18.4. The van der Waals surface area contributed by atoms with Gasteiger partial charge in [0, 0.05) is 18.1 Å². The predicted octanol–water partition coefficient (Wildman–Crippen LogP) is 0.946. The highest BCUT2D eigenvalue weighted by atomic mass is 16.6. The van der Waals surface area contributed by atoms with Crippen molar-refractivity contribution in [1.29, 1.82) is 0 Å². The predicted molar refractivity (Wildman–Crippen MR) is 93.4 cm³/mol. The number of carbonyl (C=O) groups is 2. The Balaban J connectivity index is 1.83. The normalized spacial score (nSPS) is 44.7. The third kappa shape index (κ3) is 2.25. The van der Waals surface area contributed by atoms with Crippen LogP contribution in [0.2, 0.25) is 0 Å². The number of ether oxygens (including phenoxy) is 3. The van der Waals surface area contributed by atoms with E-state index in [0.29, 0.717) is 17.6 Å². The molecule has 7 nitrogen and oxygen atoms in total. The largest absolute Gasteiger partial charge is 0.455 e. The van der Waals surface area contributed by atoms with Gasteiger partial charge in [0.15, 0.2) is 5.60 Å². The maximum absolute atomic E-state index is 12.2. The van der Waals surface area contributed by atoms with Crippen molar-refractivity contribution < 1.29 is 34.0 Å². The van der Waals surface area contributed by atoms with Crippen LogP contribution in [0.15, 0.2) is 34.9 Å². The lowest BCUT2D eigenvalue weighted by molar-refractivity contribution is -0.162. The molecule has 0 aromatic rings. The maximum Gasteiger partial charge on any atom is 0.334 e. The molecule has 0 unspecified atom stereocenters. The highest BCUT2D eigenvalue weighted by Gasteiger charge is 2.79. The van der Waals surface area contributed by atoms with Crippen LogP contribution in [-0.4, -0.2) is 57.8 Å². The van der Waals surface area contributed by atoms with Gasteiger partial charge in [0.05, 0.1) is 12.0 Å². The van der Waals surface area contributed by atoms with Crippen molar-refractivity contribution in [3.63, 3.8) is 0 Å². The van der Waals surface area contributed by atoms with E-state index in [0.717, 1.165) is 5.57 Å². The van der Waals surface area contributed by atoms with Gasteiger partial charge in [-0.2, -0.15) is 0 Å². The summed E-state index contributed by atoms with van der Waals surface area (Å²) in [6.07, 6.45) is -1.77. The van der Waals surface area contributed by atoms with Crippen LogP contribution < -0.4 is 0 Å². The van der Waals surface area contributed by atoms with Crippen molar-refractivity contribution in [1.82, 2.24) is 0 Å². The second kappa shape index (κ2) is 5.53. The van der Waals surface area contributed by atoms with E-state index < -0.39 is 47.4 Å². The van der Waals surface area contributed by atoms with Crippen LogP contribution in [-0.2, 0) is 23.8 Å². The molecule has 0 aromatic carbocycles. The minimum atomic E-state index is -1.60.